The molecule has 0 radical (unpaired) electrons. The quantitative estimate of drug-likeness (QED) is 0.290. The Morgan fingerprint density at radius 1 is 1.24 bits per heavy atom. The molecule has 1 aliphatic carbocycles. The number of aliphatic imine (C=N–C) groups is 1. The summed E-state index contributed by atoms with van der Waals surface area (Å²) in [6, 6.07) is 4.88. The van der Waals surface area contributed by atoms with Gasteiger partial charge in [-0.25, -0.2) is 13.8 Å². The molecule has 2 rings (SSSR count). The maximum absolute atomic E-state index is 13.1. The Morgan fingerprint density at radius 3 is 2.48 bits per heavy atom. The normalized spacial score (nSPS) is 18.5. The van der Waals surface area contributed by atoms with E-state index in [4.69, 9.17) is 5.73 Å². The highest BCUT2D eigenvalue weighted by Crippen LogP contribution is 2.35. The number of halogens is 6. The average Bonchev–Trinajstić information content (AvgIpc) is 2.51. The Hall–Kier alpha value is -1.13. The van der Waals surface area contributed by atoms with Crippen LogP contribution in [0.2, 0.25) is 0 Å². The van der Waals surface area contributed by atoms with Crippen molar-refractivity contribution in [1.29, 1.82) is 0 Å². The van der Waals surface area contributed by atoms with Crippen molar-refractivity contribution < 1.29 is 22.0 Å². The predicted octanol–water partition coefficient (Wildman–Crippen LogP) is 4.55. The van der Waals surface area contributed by atoms with Gasteiger partial charge in [0.2, 0.25) is 5.92 Å². The lowest BCUT2D eigenvalue weighted by atomic mass is 9.87. The smallest absolute Gasteiger partial charge is 0.370 e. The van der Waals surface area contributed by atoms with Crippen molar-refractivity contribution in [1.82, 2.24) is 5.32 Å². The largest absolute Gasteiger partial charge is 0.416 e. The summed E-state index contributed by atoms with van der Waals surface area (Å²) >= 11 is 0. The van der Waals surface area contributed by atoms with Crippen LogP contribution in [0.3, 0.4) is 0 Å². The molecule has 0 saturated heterocycles. The van der Waals surface area contributed by atoms with E-state index >= 15 is 0 Å². The molecule has 3 N–H and O–H groups in total. The summed E-state index contributed by atoms with van der Waals surface area (Å²) in [5.41, 5.74) is 5.35. The molecule has 0 aliphatic heterocycles. The Morgan fingerprint density at radius 2 is 1.88 bits per heavy atom. The molecule has 3 nitrogen and oxygen atoms in total. The number of benzene rings is 1. The molecular formula is C16H21F5IN3. The van der Waals surface area contributed by atoms with Crippen LogP contribution in [-0.4, -0.2) is 18.4 Å². The van der Waals surface area contributed by atoms with E-state index in [1.807, 2.05) is 0 Å². The zero-order valence-electron chi connectivity index (χ0n) is 13.5. The summed E-state index contributed by atoms with van der Waals surface area (Å²) in [7, 11) is 0. The predicted molar refractivity (Wildman–Crippen MR) is 97.1 cm³/mol. The molecule has 1 fully saturated rings. The van der Waals surface area contributed by atoms with Crippen LogP contribution < -0.4 is 11.1 Å². The first kappa shape index (κ1) is 21.9. The van der Waals surface area contributed by atoms with Gasteiger partial charge < -0.3 is 11.1 Å². The third kappa shape index (κ3) is 7.33. The van der Waals surface area contributed by atoms with Crippen molar-refractivity contribution in [2.75, 3.05) is 6.54 Å². The van der Waals surface area contributed by atoms with Crippen molar-refractivity contribution in [3.05, 3.63) is 35.4 Å². The Labute approximate surface area is 160 Å². The van der Waals surface area contributed by atoms with E-state index in [9.17, 15) is 22.0 Å². The SMILES string of the molecule is I.NC(=NCc1cccc(C(F)(F)F)c1)NCC1CCC(F)(F)CC1. The van der Waals surface area contributed by atoms with Crippen LogP contribution in [0.25, 0.3) is 0 Å². The van der Waals surface area contributed by atoms with Gasteiger partial charge in [0.25, 0.3) is 0 Å². The average molecular weight is 477 g/mol. The zero-order valence-corrected chi connectivity index (χ0v) is 15.8. The molecule has 0 spiro atoms. The number of hydrogen-bond acceptors (Lipinski definition) is 1. The van der Waals surface area contributed by atoms with Crippen LogP contribution >= 0.6 is 24.0 Å². The minimum atomic E-state index is -4.40. The summed E-state index contributed by atoms with van der Waals surface area (Å²) in [6.45, 7) is 0.458. The van der Waals surface area contributed by atoms with Gasteiger partial charge in [-0.2, -0.15) is 13.2 Å². The lowest BCUT2D eigenvalue weighted by molar-refractivity contribution is -0.137. The molecular weight excluding hydrogens is 456 g/mol. The van der Waals surface area contributed by atoms with Gasteiger partial charge in [0.05, 0.1) is 12.1 Å². The lowest BCUT2D eigenvalue weighted by Crippen LogP contribution is -2.37. The molecule has 9 heteroatoms. The number of nitrogens with zero attached hydrogens (tertiary/aromatic N) is 1. The molecule has 0 aromatic heterocycles. The van der Waals surface area contributed by atoms with Gasteiger partial charge in [-0.05, 0) is 36.5 Å². The second-order valence-corrected chi connectivity index (χ2v) is 6.08. The van der Waals surface area contributed by atoms with Crippen LogP contribution in [-0.2, 0) is 12.7 Å². The monoisotopic (exact) mass is 477 g/mol. The highest BCUT2D eigenvalue weighted by molar-refractivity contribution is 14.0. The van der Waals surface area contributed by atoms with E-state index in [0.717, 1.165) is 12.1 Å². The van der Waals surface area contributed by atoms with Gasteiger partial charge in [-0.1, -0.05) is 12.1 Å². The standard InChI is InChI=1S/C16H20F5N3.HI/c17-15(18)6-4-11(5-7-15)9-23-14(22)24-10-12-2-1-3-13(8-12)16(19,20)21;/h1-3,8,11H,4-7,9-10H2,(H3,22,23,24);1H. The van der Waals surface area contributed by atoms with Crippen molar-refractivity contribution in [2.24, 2.45) is 16.6 Å². The third-order valence-electron chi connectivity index (χ3n) is 4.09. The zero-order chi connectivity index (χ0) is 17.8. The first-order valence-corrected chi connectivity index (χ1v) is 7.73. The Balaban J connectivity index is 0.00000312. The van der Waals surface area contributed by atoms with E-state index in [1.54, 1.807) is 0 Å². The number of guanidine groups is 1. The van der Waals surface area contributed by atoms with E-state index in [-0.39, 0.29) is 55.2 Å². The van der Waals surface area contributed by atoms with Gasteiger partial charge in [0.1, 0.15) is 0 Å². The van der Waals surface area contributed by atoms with Crippen molar-refractivity contribution >= 4 is 29.9 Å². The van der Waals surface area contributed by atoms with Gasteiger partial charge in [-0.3, -0.25) is 0 Å². The molecule has 25 heavy (non-hydrogen) atoms. The summed E-state index contributed by atoms with van der Waals surface area (Å²) in [5.74, 6) is -2.36. The Bertz CT molecular complexity index is 579. The maximum Gasteiger partial charge on any atom is 0.416 e. The number of rotatable bonds is 4. The lowest BCUT2D eigenvalue weighted by Gasteiger charge is -2.28. The van der Waals surface area contributed by atoms with Crippen molar-refractivity contribution in [3.8, 4) is 0 Å². The molecule has 0 heterocycles. The number of nitrogens with one attached hydrogen (secondary N) is 1. The van der Waals surface area contributed by atoms with Gasteiger partial charge >= 0.3 is 6.18 Å². The van der Waals surface area contributed by atoms with E-state index in [2.05, 4.69) is 10.3 Å². The second kappa shape index (κ2) is 9.00. The molecule has 1 saturated carbocycles. The van der Waals surface area contributed by atoms with Crippen molar-refractivity contribution in [2.45, 2.75) is 44.3 Å². The fourth-order valence-corrected chi connectivity index (χ4v) is 2.63. The first-order chi connectivity index (χ1) is 11.2. The van der Waals surface area contributed by atoms with E-state index in [1.165, 1.54) is 12.1 Å². The van der Waals surface area contributed by atoms with Crippen LogP contribution in [0.1, 0.15) is 36.8 Å². The highest BCUT2D eigenvalue weighted by Gasteiger charge is 2.34. The van der Waals surface area contributed by atoms with Crippen LogP contribution in [0, 0.1) is 5.92 Å². The summed E-state index contributed by atoms with van der Waals surface area (Å²) in [5, 5.41) is 2.86. The summed E-state index contributed by atoms with van der Waals surface area (Å²) in [6.07, 6.45) is -3.81. The van der Waals surface area contributed by atoms with Gasteiger partial charge in [0.15, 0.2) is 5.96 Å². The molecule has 0 atom stereocenters. The number of nitrogens with two attached hydrogens (primary N) is 1. The van der Waals surface area contributed by atoms with Gasteiger partial charge in [0, 0.05) is 19.4 Å². The third-order valence-corrected chi connectivity index (χ3v) is 4.09. The van der Waals surface area contributed by atoms with Crippen LogP contribution in [0.5, 0.6) is 0 Å². The topological polar surface area (TPSA) is 50.4 Å². The maximum atomic E-state index is 13.1. The fourth-order valence-electron chi connectivity index (χ4n) is 2.63. The minimum Gasteiger partial charge on any atom is -0.370 e. The minimum absolute atomic E-state index is 0. The summed E-state index contributed by atoms with van der Waals surface area (Å²) in [4.78, 5) is 4.00. The first-order valence-electron chi connectivity index (χ1n) is 7.73. The second-order valence-electron chi connectivity index (χ2n) is 6.08. The van der Waals surface area contributed by atoms with Crippen LogP contribution in [0.15, 0.2) is 29.3 Å². The molecule has 0 bridgehead atoms. The molecule has 1 aromatic carbocycles. The van der Waals surface area contributed by atoms with Crippen molar-refractivity contribution in [3.63, 3.8) is 0 Å². The number of alkyl halides is 5. The van der Waals surface area contributed by atoms with Gasteiger partial charge in [-0.15, -0.1) is 24.0 Å². The highest BCUT2D eigenvalue weighted by atomic mass is 127. The Kier molecular flexibility index (Phi) is 7.88. The summed E-state index contributed by atoms with van der Waals surface area (Å²) < 4.78 is 64.0. The molecule has 142 valence electrons. The van der Waals surface area contributed by atoms with E-state index in [0.29, 0.717) is 24.9 Å². The molecule has 1 aliphatic rings. The van der Waals surface area contributed by atoms with Crippen LogP contribution in [0.4, 0.5) is 22.0 Å². The molecule has 0 unspecified atom stereocenters. The van der Waals surface area contributed by atoms with E-state index < -0.39 is 17.7 Å². The molecule has 1 aromatic rings. The number of hydrogen-bond donors (Lipinski definition) is 2. The molecule has 0 amide bonds. The fraction of sp³-hybridized carbons (Fsp3) is 0.562.